The molecule has 1 saturated heterocycles. The van der Waals surface area contributed by atoms with Gasteiger partial charge in [-0.25, -0.2) is 9.18 Å². The molecule has 1 atom stereocenters. The van der Waals surface area contributed by atoms with Crippen LogP contribution >= 0.6 is 0 Å². The summed E-state index contributed by atoms with van der Waals surface area (Å²) in [5.41, 5.74) is 6.77. The second-order valence-electron chi connectivity index (χ2n) is 6.56. The number of ether oxygens (including phenoxy) is 1. The van der Waals surface area contributed by atoms with Crippen molar-refractivity contribution in [2.24, 2.45) is 11.7 Å². The lowest BCUT2D eigenvalue weighted by atomic mass is 9.97. The van der Waals surface area contributed by atoms with Gasteiger partial charge < -0.3 is 20.7 Å². The molecular formula is C20H22FN3O3. The number of nitrogens with zero attached hydrogens (tertiary/aromatic N) is 1. The topological polar surface area (TPSA) is 84.7 Å². The number of amides is 3. The van der Waals surface area contributed by atoms with Crippen LogP contribution in [0.3, 0.4) is 0 Å². The zero-order valence-corrected chi connectivity index (χ0v) is 14.9. The van der Waals surface area contributed by atoms with Gasteiger partial charge in [0.25, 0.3) is 0 Å². The quantitative estimate of drug-likeness (QED) is 0.847. The maximum Gasteiger partial charge on any atom is 0.314 e. The van der Waals surface area contributed by atoms with Crippen molar-refractivity contribution in [2.45, 2.75) is 19.4 Å². The molecule has 142 valence electrons. The molecule has 3 rings (SSSR count). The van der Waals surface area contributed by atoms with Crippen molar-refractivity contribution < 1.29 is 18.7 Å². The van der Waals surface area contributed by atoms with Gasteiger partial charge in [0.1, 0.15) is 18.2 Å². The number of benzene rings is 2. The van der Waals surface area contributed by atoms with Gasteiger partial charge in [-0.15, -0.1) is 0 Å². The van der Waals surface area contributed by atoms with Gasteiger partial charge in [-0.1, -0.05) is 18.2 Å². The molecule has 6 nitrogen and oxygen atoms in total. The number of primary amides is 1. The van der Waals surface area contributed by atoms with Crippen LogP contribution in [0.2, 0.25) is 0 Å². The van der Waals surface area contributed by atoms with Crippen molar-refractivity contribution in [2.75, 3.05) is 18.4 Å². The van der Waals surface area contributed by atoms with E-state index in [0.717, 1.165) is 18.4 Å². The predicted molar refractivity (Wildman–Crippen MR) is 99.7 cm³/mol. The molecule has 27 heavy (non-hydrogen) atoms. The van der Waals surface area contributed by atoms with Crippen LogP contribution in [0.1, 0.15) is 18.4 Å². The summed E-state index contributed by atoms with van der Waals surface area (Å²) in [6.07, 6.45) is 1.47. The van der Waals surface area contributed by atoms with Crippen molar-refractivity contribution in [3.05, 3.63) is 59.9 Å². The molecule has 2 aromatic carbocycles. The van der Waals surface area contributed by atoms with Crippen LogP contribution in [0, 0.1) is 11.7 Å². The highest BCUT2D eigenvalue weighted by atomic mass is 19.1. The molecule has 3 N–H and O–H groups in total. The van der Waals surface area contributed by atoms with E-state index in [1.807, 2.05) is 0 Å². The van der Waals surface area contributed by atoms with Gasteiger partial charge in [-0.05, 0) is 42.7 Å². The summed E-state index contributed by atoms with van der Waals surface area (Å²) in [5.74, 6) is -0.118. The van der Waals surface area contributed by atoms with Crippen molar-refractivity contribution in [1.29, 1.82) is 0 Å². The standard InChI is InChI=1S/C20H22FN3O3/c21-16-8-6-14(7-9-16)13-27-18-5-1-4-17(11-18)23-19(25)15-3-2-10-24(12-15)20(22)26/h1,4-9,11,15H,2-3,10,12-13H2,(H2,22,26)(H,23,25)/t15-/m0/s1. The number of anilines is 1. The average molecular weight is 371 g/mol. The molecule has 0 aromatic heterocycles. The number of nitrogens with two attached hydrogens (primary N) is 1. The highest BCUT2D eigenvalue weighted by Gasteiger charge is 2.27. The van der Waals surface area contributed by atoms with Crippen molar-refractivity contribution >= 4 is 17.6 Å². The van der Waals surface area contributed by atoms with Crippen molar-refractivity contribution in [3.8, 4) is 5.75 Å². The maximum atomic E-state index is 12.9. The number of carbonyl (C=O) groups is 2. The van der Waals surface area contributed by atoms with Crippen LogP contribution < -0.4 is 15.8 Å². The van der Waals surface area contributed by atoms with Crippen LogP contribution in [-0.4, -0.2) is 29.9 Å². The number of piperidine rings is 1. The van der Waals surface area contributed by atoms with Gasteiger partial charge >= 0.3 is 6.03 Å². The fourth-order valence-electron chi connectivity index (χ4n) is 3.05. The number of rotatable bonds is 5. The van der Waals surface area contributed by atoms with Gasteiger partial charge in [0.05, 0.1) is 5.92 Å². The molecule has 0 spiro atoms. The Morgan fingerprint density at radius 2 is 2.00 bits per heavy atom. The number of halogens is 1. The van der Waals surface area contributed by atoms with E-state index in [9.17, 15) is 14.0 Å². The van der Waals surface area contributed by atoms with Gasteiger partial charge in [0.15, 0.2) is 0 Å². The normalized spacial score (nSPS) is 16.6. The minimum Gasteiger partial charge on any atom is -0.489 e. The zero-order chi connectivity index (χ0) is 19.2. The van der Waals surface area contributed by atoms with E-state index in [-0.39, 0.29) is 17.6 Å². The first kappa shape index (κ1) is 18.7. The molecule has 0 radical (unpaired) electrons. The van der Waals surface area contributed by atoms with E-state index in [0.29, 0.717) is 31.1 Å². The van der Waals surface area contributed by atoms with E-state index in [1.165, 1.54) is 17.0 Å². The van der Waals surface area contributed by atoms with E-state index in [1.54, 1.807) is 36.4 Å². The predicted octanol–water partition coefficient (Wildman–Crippen LogP) is 3.13. The lowest BCUT2D eigenvalue weighted by Crippen LogP contribution is -2.46. The summed E-state index contributed by atoms with van der Waals surface area (Å²) in [6, 6.07) is 12.7. The SMILES string of the molecule is NC(=O)N1CCC[C@H](C(=O)Nc2cccc(OCc3ccc(F)cc3)c2)C1. The van der Waals surface area contributed by atoms with Gasteiger partial charge in [-0.3, -0.25) is 4.79 Å². The second-order valence-corrected chi connectivity index (χ2v) is 6.56. The van der Waals surface area contributed by atoms with Crippen LogP contribution in [0.4, 0.5) is 14.9 Å². The van der Waals surface area contributed by atoms with E-state index < -0.39 is 6.03 Å². The fourth-order valence-corrected chi connectivity index (χ4v) is 3.05. The van der Waals surface area contributed by atoms with E-state index in [2.05, 4.69) is 5.32 Å². The summed E-state index contributed by atoms with van der Waals surface area (Å²) in [7, 11) is 0. The molecule has 1 fully saturated rings. The smallest absolute Gasteiger partial charge is 0.314 e. The highest BCUT2D eigenvalue weighted by molar-refractivity contribution is 5.93. The Balaban J connectivity index is 1.57. The molecule has 0 saturated carbocycles. The fraction of sp³-hybridized carbons (Fsp3) is 0.300. The van der Waals surface area contributed by atoms with Crippen LogP contribution in [-0.2, 0) is 11.4 Å². The van der Waals surface area contributed by atoms with Crippen LogP contribution in [0.15, 0.2) is 48.5 Å². The molecule has 3 amide bonds. The van der Waals surface area contributed by atoms with Gasteiger partial charge in [0, 0.05) is 24.8 Å². The van der Waals surface area contributed by atoms with Gasteiger partial charge in [-0.2, -0.15) is 0 Å². The average Bonchev–Trinajstić information content (AvgIpc) is 2.68. The Bertz CT molecular complexity index is 810. The van der Waals surface area contributed by atoms with Crippen LogP contribution in [0.25, 0.3) is 0 Å². The molecule has 1 heterocycles. The highest BCUT2D eigenvalue weighted by Crippen LogP contribution is 2.22. The van der Waals surface area contributed by atoms with Crippen LogP contribution in [0.5, 0.6) is 5.75 Å². The Morgan fingerprint density at radius 3 is 2.74 bits per heavy atom. The molecule has 0 aliphatic carbocycles. The first-order chi connectivity index (χ1) is 13.0. The third-order valence-electron chi connectivity index (χ3n) is 4.52. The summed E-state index contributed by atoms with van der Waals surface area (Å²) in [6.45, 7) is 1.22. The van der Waals surface area contributed by atoms with E-state index >= 15 is 0 Å². The number of likely N-dealkylation sites (tertiary alicyclic amines) is 1. The summed E-state index contributed by atoms with van der Waals surface area (Å²) < 4.78 is 18.6. The molecule has 0 bridgehead atoms. The summed E-state index contributed by atoms with van der Waals surface area (Å²) in [4.78, 5) is 25.3. The largest absolute Gasteiger partial charge is 0.489 e. The molecule has 2 aromatic rings. The minimum absolute atomic E-state index is 0.142. The van der Waals surface area contributed by atoms with Crippen molar-refractivity contribution in [3.63, 3.8) is 0 Å². The molecule has 7 heteroatoms. The van der Waals surface area contributed by atoms with Gasteiger partial charge in [0.2, 0.25) is 5.91 Å². The summed E-state index contributed by atoms with van der Waals surface area (Å²) in [5, 5.41) is 2.87. The third kappa shape index (κ3) is 5.20. The monoisotopic (exact) mass is 371 g/mol. The summed E-state index contributed by atoms with van der Waals surface area (Å²) >= 11 is 0. The first-order valence-corrected chi connectivity index (χ1v) is 8.84. The number of urea groups is 1. The Hall–Kier alpha value is -3.09. The molecule has 1 aliphatic rings. The van der Waals surface area contributed by atoms with Crippen molar-refractivity contribution in [1.82, 2.24) is 4.90 Å². The number of carbonyl (C=O) groups excluding carboxylic acids is 2. The molecule has 1 aliphatic heterocycles. The number of nitrogens with one attached hydrogen (secondary N) is 1. The maximum absolute atomic E-state index is 12.9. The van der Waals surface area contributed by atoms with E-state index in [4.69, 9.17) is 10.5 Å². The lowest BCUT2D eigenvalue weighted by Gasteiger charge is -2.30. The number of hydrogen-bond donors (Lipinski definition) is 2. The lowest BCUT2D eigenvalue weighted by molar-refractivity contribution is -0.121. The Morgan fingerprint density at radius 1 is 1.22 bits per heavy atom. The second kappa shape index (κ2) is 8.53. The number of hydrogen-bond acceptors (Lipinski definition) is 3. The zero-order valence-electron chi connectivity index (χ0n) is 14.9. The first-order valence-electron chi connectivity index (χ1n) is 8.84. The molecule has 0 unspecified atom stereocenters. The molecular weight excluding hydrogens is 349 g/mol. The minimum atomic E-state index is -0.497. The Kier molecular flexibility index (Phi) is 5.90. The third-order valence-corrected chi connectivity index (χ3v) is 4.52. The Labute approximate surface area is 157 Å².